The molecule has 158 valence electrons. The Morgan fingerprint density at radius 2 is 1.54 bits per heavy atom. The van der Waals surface area contributed by atoms with Gasteiger partial charge in [-0.25, -0.2) is 14.4 Å². The van der Waals surface area contributed by atoms with Crippen molar-refractivity contribution in [3.8, 4) is 0 Å². The zero-order chi connectivity index (χ0) is 22.0. The third kappa shape index (κ3) is 6.36. The summed E-state index contributed by atoms with van der Waals surface area (Å²) in [5.74, 6) is -0.313. The molecule has 0 aromatic carbocycles. The minimum absolute atomic E-state index is 0.0942. The summed E-state index contributed by atoms with van der Waals surface area (Å²) < 4.78 is 14.1. The number of ether oxygens (including phenoxy) is 3. The number of methoxy groups -OCH3 is 1. The Labute approximate surface area is 168 Å². The molecule has 3 unspecified atom stereocenters. The highest BCUT2D eigenvalue weighted by Gasteiger charge is 2.62. The van der Waals surface area contributed by atoms with E-state index in [9.17, 15) is 14.4 Å². The molecule has 2 rings (SSSR count). The van der Waals surface area contributed by atoms with Crippen LogP contribution in [-0.4, -0.2) is 37.7 Å². The van der Waals surface area contributed by atoms with Crippen LogP contribution in [0, 0.1) is 16.7 Å². The van der Waals surface area contributed by atoms with Crippen molar-refractivity contribution in [3.05, 3.63) is 38.0 Å². The molecule has 2 fully saturated rings. The minimum atomic E-state index is -0.394. The molecule has 2 aliphatic carbocycles. The normalized spacial score (nSPS) is 25.6. The Kier molecular flexibility index (Phi) is 10.5. The molecule has 3 atom stereocenters. The van der Waals surface area contributed by atoms with E-state index in [1.54, 1.807) is 6.92 Å². The highest BCUT2D eigenvalue weighted by Crippen LogP contribution is 2.66. The molecule has 2 aliphatic rings. The molecular weight excluding hydrogens is 360 g/mol. The number of hydrogen-bond acceptors (Lipinski definition) is 6. The van der Waals surface area contributed by atoms with Crippen molar-refractivity contribution in [1.29, 1.82) is 0 Å². The summed E-state index contributed by atoms with van der Waals surface area (Å²) in [6.07, 6.45) is 7.11. The largest absolute Gasteiger partial charge is 0.466 e. The third-order valence-corrected chi connectivity index (χ3v) is 5.96. The van der Waals surface area contributed by atoms with Gasteiger partial charge in [-0.15, -0.1) is 0 Å². The summed E-state index contributed by atoms with van der Waals surface area (Å²) in [7, 11) is 1.31. The molecule has 2 bridgehead atoms. The van der Waals surface area contributed by atoms with Gasteiger partial charge in [0.2, 0.25) is 0 Å². The number of hydrogen-bond donors (Lipinski definition) is 0. The first-order valence-electron chi connectivity index (χ1n) is 9.36. The van der Waals surface area contributed by atoms with Gasteiger partial charge in [0.1, 0.15) is 6.10 Å². The van der Waals surface area contributed by atoms with Crippen molar-refractivity contribution in [1.82, 2.24) is 0 Å². The van der Waals surface area contributed by atoms with Crippen molar-refractivity contribution in [3.63, 3.8) is 0 Å². The van der Waals surface area contributed by atoms with Gasteiger partial charge in [-0.2, -0.15) is 0 Å². The van der Waals surface area contributed by atoms with Crippen LogP contribution in [0.4, 0.5) is 0 Å². The monoisotopic (exact) mass is 394 g/mol. The van der Waals surface area contributed by atoms with Gasteiger partial charge in [0.25, 0.3) is 0 Å². The van der Waals surface area contributed by atoms with E-state index in [0.717, 1.165) is 18.6 Å². The van der Waals surface area contributed by atoms with Gasteiger partial charge < -0.3 is 14.2 Å². The Morgan fingerprint density at radius 3 is 1.79 bits per heavy atom. The van der Waals surface area contributed by atoms with E-state index in [1.807, 2.05) is 0 Å². The van der Waals surface area contributed by atoms with Gasteiger partial charge in [-0.1, -0.05) is 40.5 Å². The van der Waals surface area contributed by atoms with Crippen LogP contribution in [0.15, 0.2) is 38.0 Å². The van der Waals surface area contributed by atoms with Crippen LogP contribution in [-0.2, 0) is 28.6 Å². The maximum Gasteiger partial charge on any atom is 0.330 e. The molecule has 0 N–H and O–H groups in total. The molecule has 28 heavy (non-hydrogen) atoms. The van der Waals surface area contributed by atoms with Gasteiger partial charge in [0.05, 0.1) is 13.7 Å². The maximum absolute atomic E-state index is 11.3. The summed E-state index contributed by atoms with van der Waals surface area (Å²) in [6, 6.07) is 0. The molecular formula is C22H34O6. The van der Waals surface area contributed by atoms with Gasteiger partial charge in [0.15, 0.2) is 0 Å². The molecule has 0 saturated heterocycles. The number of esters is 3. The smallest absolute Gasteiger partial charge is 0.330 e. The lowest BCUT2D eigenvalue weighted by molar-refractivity contribution is -0.150. The van der Waals surface area contributed by atoms with Crippen molar-refractivity contribution < 1.29 is 28.6 Å². The Bertz CT molecular complexity index is 592. The summed E-state index contributed by atoms with van der Waals surface area (Å²) in [4.78, 5) is 31.2. The Hall–Kier alpha value is -2.37. The van der Waals surface area contributed by atoms with Crippen LogP contribution in [0.2, 0.25) is 0 Å². The SMILES string of the molecule is C=CC(=O)OC.C=CC(=O)OC1CC2CCC1(C)C2(C)C.C=CC(=O)OCC. The topological polar surface area (TPSA) is 78.9 Å². The van der Waals surface area contributed by atoms with Crippen molar-refractivity contribution in [2.24, 2.45) is 16.7 Å². The molecule has 2 saturated carbocycles. The zero-order valence-corrected chi connectivity index (χ0v) is 17.8. The van der Waals surface area contributed by atoms with E-state index in [0.29, 0.717) is 17.9 Å². The van der Waals surface area contributed by atoms with Gasteiger partial charge in [-0.3, -0.25) is 0 Å². The second-order valence-corrected chi connectivity index (χ2v) is 7.42. The average Bonchev–Trinajstić information content (AvgIpc) is 3.01. The Balaban J connectivity index is 0.000000471. The highest BCUT2D eigenvalue weighted by molar-refractivity contribution is 5.81. The molecule has 0 aliphatic heterocycles. The molecule has 0 aromatic rings. The molecule has 0 spiro atoms. The molecule has 0 radical (unpaired) electrons. The van der Waals surface area contributed by atoms with Crippen LogP contribution in [0.3, 0.4) is 0 Å². The fourth-order valence-corrected chi connectivity index (χ4v) is 3.78. The fourth-order valence-electron chi connectivity index (χ4n) is 3.78. The summed E-state index contributed by atoms with van der Waals surface area (Å²) in [5.41, 5.74) is 0.468. The first-order chi connectivity index (χ1) is 13.0. The number of fused-ring (bicyclic) bond motifs is 2. The lowest BCUT2D eigenvalue weighted by Gasteiger charge is -2.38. The van der Waals surface area contributed by atoms with Crippen molar-refractivity contribution in [2.45, 2.75) is 53.1 Å². The van der Waals surface area contributed by atoms with E-state index < -0.39 is 5.97 Å². The van der Waals surface area contributed by atoms with Gasteiger partial charge in [0, 0.05) is 23.6 Å². The van der Waals surface area contributed by atoms with Gasteiger partial charge >= 0.3 is 17.9 Å². The van der Waals surface area contributed by atoms with Gasteiger partial charge in [-0.05, 0) is 37.5 Å². The fraction of sp³-hybridized carbons (Fsp3) is 0.591. The summed E-state index contributed by atoms with van der Waals surface area (Å²) in [6.45, 7) is 18.9. The predicted molar refractivity (Wildman–Crippen MR) is 108 cm³/mol. The molecule has 0 aromatic heterocycles. The van der Waals surface area contributed by atoms with Crippen LogP contribution in [0.25, 0.3) is 0 Å². The Morgan fingerprint density at radius 1 is 1.00 bits per heavy atom. The predicted octanol–water partition coefficient (Wildman–Crippen LogP) is 4.01. The average molecular weight is 395 g/mol. The zero-order valence-electron chi connectivity index (χ0n) is 17.8. The minimum Gasteiger partial charge on any atom is -0.466 e. The molecule has 6 nitrogen and oxygen atoms in total. The lowest BCUT2D eigenvalue weighted by atomic mass is 9.70. The highest BCUT2D eigenvalue weighted by atomic mass is 16.5. The van der Waals surface area contributed by atoms with Crippen LogP contribution in [0.1, 0.15) is 47.0 Å². The first kappa shape index (κ1) is 25.6. The number of carbonyl (C=O) groups is 3. The van der Waals surface area contributed by atoms with Crippen molar-refractivity contribution in [2.75, 3.05) is 13.7 Å². The van der Waals surface area contributed by atoms with E-state index in [4.69, 9.17) is 4.74 Å². The third-order valence-electron chi connectivity index (χ3n) is 5.96. The van der Waals surface area contributed by atoms with Crippen LogP contribution < -0.4 is 0 Å². The number of rotatable bonds is 5. The molecule has 0 heterocycles. The van der Waals surface area contributed by atoms with Crippen LogP contribution in [0.5, 0.6) is 0 Å². The second-order valence-electron chi connectivity index (χ2n) is 7.42. The van der Waals surface area contributed by atoms with Crippen LogP contribution >= 0.6 is 0 Å². The summed E-state index contributed by atoms with van der Waals surface area (Å²) in [5, 5.41) is 0. The standard InChI is InChI=1S/C13H20O2.C5H8O2.C4H6O2/c1-5-11(14)15-10-8-9-6-7-13(10,4)12(9,2)3;1-3-5(6)7-4-2;1-3-4(5)6-2/h5,9-10H,1,6-8H2,2-4H3;3H,1,4H2,2H3;3H,1H2,2H3. The number of carbonyl (C=O) groups excluding carboxylic acids is 3. The van der Waals surface area contributed by atoms with E-state index >= 15 is 0 Å². The summed E-state index contributed by atoms with van der Waals surface area (Å²) >= 11 is 0. The second kappa shape index (κ2) is 11.5. The van der Waals surface area contributed by atoms with Crippen molar-refractivity contribution >= 4 is 17.9 Å². The maximum atomic E-state index is 11.3. The molecule has 0 amide bonds. The molecule has 6 heteroatoms. The lowest BCUT2D eigenvalue weighted by Crippen LogP contribution is -2.38. The van der Waals surface area contributed by atoms with E-state index in [-0.39, 0.29) is 23.5 Å². The quantitative estimate of drug-likeness (QED) is 0.398. The van der Waals surface area contributed by atoms with E-state index in [1.165, 1.54) is 26.0 Å². The van der Waals surface area contributed by atoms with E-state index in [2.05, 4.69) is 50.0 Å². The first-order valence-corrected chi connectivity index (χ1v) is 9.36.